The molecule has 126 valence electrons. The van der Waals surface area contributed by atoms with Crippen molar-refractivity contribution in [2.45, 2.75) is 13.0 Å². The van der Waals surface area contributed by atoms with E-state index in [2.05, 4.69) is 0 Å². The molecule has 8 heteroatoms. The van der Waals surface area contributed by atoms with E-state index in [1.165, 1.54) is 25.1 Å². The van der Waals surface area contributed by atoms with Gasteiger partial charge in [0, 0.05) is 0 Å². The van der Waals surface area contributed by atoms with E-state index in [4.69, 9.17) is 22.1 Å². The number of esters is 1. The van der Waals surface area contributed by atoms with Crippen molar-refractivity contribution in [1.29, 1.82) is 0 Å². The SMILES string of the molecule is CC(OC(=O)c1cccc(Cl)c1N)C(=O)Nc1c(F)cccc1F. The van der Waals surface area contributed by atoms with Gasteiger partial charge in [-0.15, -0.1) is 0 Å². The van der Waals surface area contributed by atoms with Crippen LogP contribution in [0.15, 0.2) is 36.4 Å². The van der Waals surface area contributed by atoms with Crippen molar-refractivity contribution in [3.8, 4) is 0 Å². The second kappa shape index (κ2) is 7.27. The average Bonchev–Trinajstić information content (AvgIpc) is 2.53. The lowest BCUT2D eigenvalue weighted by Crippen LogP contribution is -2.30. The van der Waals surface area contributed by atoms with Gasteiger partial charge in [0.05, 0.1) is 16.3 Å². The van der Waals surface area contributed by atoms with Crippen LogP contribution >= 0.6 is 11.6 Å². The number of amides is 1. The van der Waals surface area contributed by atoms with Crippen LogP contribution in [0.25, 0.3) is 0 Å². The van der Waals surface area contributed by atoms with Crippen LogP contribution in [0, 0.1) is 11.6 Å². The molecule has 0 aliphatic heterocycles. The topological polar surface area (TPSA) is 81.4 Å². The van der Waals surface area contributed by atoms with Crippen LogP contribution in [0.4, 0.5) is 20.2 Å². The molecule has 1 unspecified atom stereocenters. The zero-order chi connectivity index (χ0) is 17.9. The second-order valence-corrected chi connectivity index (χ2v) is 5.24. The minimum Gasteiger partial charge on any atom is -0.449 e. The van der Waals surface area contributed by atoms with Gasteiger partial charge >= 0.3 is 5.97 Å². The maximum absolute atomic E-state index is 13.5. The largest absolute Gasteiger partial charge is 0.449 e. The van der Waals surface area contributed by atoms with E-state index in [-0.39, 0.29) is 16.3 Å². The number of halogens is 3. The third-order valence-electron chi connectivity index (χ3n) is 3.14. The summed E-state index contributed by atoms with van der Waals surface area (Å²) < 4.78 is 32.0. The van der Waals surface area contributed by atoms with Gasteiger partial charge in [-0.2, -0.15) is 0 Å². The molecule has 2 aromatic carbocycles. The molecule has 24 heavy (non-hydrogen) atoms. The third kappa shape index (κ3) is 3.80. The van der Waals surface area contributed by atoms with Crippen molar-refractivity contribution in [2.24, 2.45) is 0 Å². The number of nitrogen functional groups attached to an aromatic ring is 1. The molecule has 0 heterocycles. The van der Waals surface area contributed by atoms with E-state index in [1.54, 1.807) is 0 Å². The Hall–Kier alpha value is -2.67. The molecule has 0 fully saturated rings. The van der Waals surface area contributed by atoms with E-state index in [0.717, 1.165) is 18.2 Å². The molecule has 0 saturated carbocycles. The van der Waals surface area contributed by atoms with Crippen molar-refractivity contribution in [2.75, 3.05) is 11.1 Å². The molecular formula is C16H13ClF2N2O3. The number of hydrogen-bond acceptors (Lipinski definition) is 4. The minimum absolute atomic E-state index is 0.0110. The van der Waals surface area contributed by atoms with Crippen molar-refractivity contribution in [3.05, 3.63) is 58.6 Å². The molecule has 0 aromatic heterocycles. The van der Waals surface area contributed by atoms with Gasteiger partial charge in [0.2, 0.25) is 0 Å². The van der Waals surface area contributed by atoms with E-state index >= 15 is 0 Å². The molecular weight excluding hydrogens is 342 g/mol. The van der Waals surface area contributed by atoms with Crippen molar-refractivity contribution in [3.63, 3.8) is 0 Å². The number of nitrogens with two attached hydrogens (primary N) is 1. The molecule has 0 bridgehead atoms. The van der Waals surface area contributed by atoms with Gasteiger partial charge in [-0.1, -0.05) is 23.7 Å². The molecule has 2 rings (SSSR count). The molecule has 0 aliphatic carbocycles. The summed E-state index contributed by atoms with van der Waals surface area (Å²) in [6.07, 6.45) is -1.31. The summed E-state index contributed by atoms with van der Waals surface area (Å²) in [4.78, 5) is 24.0. The van der Waals surface area contributed by atoms with Crippen molar-refractivity contribution >= 4 is 34.9 Å². The first-order chi connectivity index (χ1) is 11.3. The lowest BCUT2D eigenvalue weighted by atomic mass is 10.2. The van der Waals surface area contributed by atoms with E-state index in [9.17, 15) is 18.4 Å². The predicted molar refractivity (Wildman–Crippen MR) is 85.7 cm³/mol. The maximum Gasteiger partial charge on any atom is 0.341 e. The van der Waals surface area contributed by atoms with Crippen LogP contribution in [0.1, 0.15) is 17.3 Å². The van der Waals surface area contributed by atoms with Gasteiger partial charge in [-0.05, 0) is 31.2 Å². The Bertz CT molecular complexity index is 779. The minimum atomic E-state index is -1.31. The number of nitrogens with one attached hydrogen (secondary N) is 1. The smallest absolute Gasteiger partial charge is 0.341 e. The first kappa shape index (κ1) is 17.7. The lowest BCUT2D eigenvalue weighted by Gasteiger charge is -2.15. The Morgan fingerprint density at radius 2 is 1.75 bits per heavy atom. The van der Waals surface area contributed by atoms with Crippen LogP contribution in [-0.4, -0.2) is 18.0 Å². The first-order valence-electron chi connectivity index (χ1n) is 6.81. The zero-order valence-corrected chi connectivity index (χ0v) is 13.2. The van der Waals surface area contributed by atoms with Gasteiger partial charge < -0.3 is 15.8 Å². The lowest BCUT2D eigenvalue weighted by molar-refractivity contribution is -0.123. The number of carbonyl (C=O) groups excluding carboxylic acids is 2. The van der Waals surface area contributed by atoms with Gasteiger partial charge in [-0.3, -0.25) is 4.79 Å². The Balaban J connectivity index is 2.09. The van der Waals surface area contributed by atoms with Crippen LogP contribution in [0.3, 0.4) is 0 Å². The molecule has 1 amide bonds. The number of benzene rings is 2. The van der Waals surface area contributed by atoms with Crippen molar-refractivity contribution < 1.29 is 23.1 Å². The molecule has 0 spiro atoms. The fourth-order valence-corrected chi connectivity index (χ4v) is 2.01. The summed E-state index contributed by atoms with van der Waals surface area (Å²) >= 11 is 5.80. The highest BCUT2D eigenvalue weighted by Crippen LogP contribution is 2.23. The first-order valence-corrected chi connectivity index (χ1v) is 7.19. The Kier molecular flexibility index (Phi) is 5.35. The Labute approximate surface area is 141 Å². The van der Waals surface area contributed by atoms with Crippen LogP contribution < -0.4 is 11.1 Å². The monoisotopic (exact) mass is 354 g/mol. The number of rotatable bonds is 4. The normalized spacial score (nSPS) is 11.7. The fraction of sp³-hybridized carbons (Fsp3) is 0.125. The van der Waals surface area contributed by atoms with Crippen LogP contribution in [0.5, 0.6) is 0 Å². The highest BCUT2D eigenvalue weighted by atomic mass is 35.5. The summed E-state index contributed by atoms with van der Waals surface area (Å²) in [6, 6.07) is 7.50. The summed E-state index contributed by atoms with van der Waals surface area (Å²) in [5.74, 6) is -3.67. The van der Waals surface area contributed by atoms with Crippen molar-refractivity contribution in [1.82, 2.24) is 0 Å². The van der Waals surface area contributed by atoms with E-state index in [1.807, 2.05) is 5.32 Å². The summed E-state index contributed by atoms with van der Waals surface area (Å²) in [7, 11) is 0. The Morgan fingerprint density at radius 3 is 2.38 bits per heavy atom. The highest BCUT2D eigenvalue weighted by molar-refractivity contribution is 6.33. The fourth-order valence-electron chi connectivity index (χ4n) is 1.83. The van der Waals surface area contributed by atoms with Crippen LogP contribution in [-0.2, 0) is 9.53 Å². The molecule has 2 aromatic rings. The van der Waals surface area contributed by atoms with Gasteiger partial charge in [0.25, 0.3) is 5.91 Å². The molecule has 5 nitrogen and oxygen atoms in total. The number of carbonyl (C=O) groups is 2. The summed E-state index contributed by atoms with van der Waals surface area (Å²) in [5, 5.41) is 2.20. The zero-order valence-electron chi connectivity index (χ0n) is 12.5. The summed E-state index contributed by atoms with van der Waals surface area (Å²) in [6.45, 7) is 1.26. The standard InChI is InChI=1S/C16H13ClF2N2O3/c1-8(15(22)21-14-11(18)6-3-7-12(14)19)24-16(23)9-4-2-5-10(17)13(9)20/h2-8H,20H2,1H3,(H,21,22). The Morgan fingerprint density at radius 1 is 1.17 bits per heavy atom. The summed E-state index contributed by atoms with van der Waals surface area (Å²) in [5.41, 5.74) is 5.04. The van der Waals surface area contributed by atoms with E-state index < -0.39 is 35.3 Å². The van der Waals surface area contributed by atoms with E-state index in [0.29, 0.717) is 0 Å². The second-order valence-electron chi connectivity index (χ2n) is 4.83. The number of anilines is 2. The molecule has 1 atom stereocenters. The van der Waals surface area contributed by atoms with Gasteiger partial charge in [-0.25, -0.2) is 13.6 Å². The highest BCUT2D eigenvalue weighted by Gasteiger charge is 2.23. The molecule has 0 radical (unpaired) electrons. The number of hydrogen-bond donors (Lipinski definition) is 2. The maximum atomic E-state index is 13.5. The molecule has 3 N–H and O–H groups in total. The number of para-hydroxylation sites is 2. The average molecular weight is 355 g/mol. The molecule has 0 aliphatic rings. The van der Waals surface area contributed by atoms with Crippen LogP contribution in [0.2, 0.25) is 5.02 Å². The number of ether oxygens (including phenoxy) is 1. The van der Waals surface area contributed by atoms with Gasteiger partial charge in [0.15, 0.2) is 6.10 Å². The quantitative estimate of drug-likeness (QED) is 0.651. The molecule has 0 saturated heterocycles. The van der Waals surface area contributed by atoms with Gasteiger partial charge in [0.1, 0.15) is 17.3 Å². The predicted octanol–water partition coefficient (Wildman–Crippen LogP) is 3.38. The third-order valence-corrected chi connectivity index (χ3v) is 3.47.